The first-order valence-electron chi connectivity index (χ1n) is 7.11. The number of hydrogen-bond acceptors (Lipinski definition) is 5. The van der Waals surface area contributed by atoms with Crippen molar-refractivity contribution in [3.8, 4) is 0 Å². The fourth-order valence-electron chi connectivity index (χ4n) is 2.10. The molecule has 0 aliphatic rings. The maximum Gasteiger partial charge on any atom is 0.343 e. The van der Waals surface area contributed by atoms with E-state index in [0.29, 0.717) is 12.4 Å². The van der Waals surface area contributed by atoms with E-state index < -0.39 is 10.8 Å². The average Bonchev–Trinajstić information content (AvgIpc) is 3.19. The number of rotatable bonds is 5. The molecule has 9 nitrogen and oxygen atoms in total. The van der Waals surface area contributed by atoms with Crippen LogP contribution in [-0.4, -0.2) is 30.8 Å². The molecule has 24 heavy (non-hydrogen) atoms. The third kappa shape index (κ3) is 3.46. The lowest BCUT2D eigenvalue weighted by Gasteiger charge is -2.02. The summed E-state index contributed by atoms with van der Waals surface area (Å²) in [5, 5.41) is 23.2. The van der Waals surface area contributed by atoms with Gasteiger partial charge in [0, 0.05) is 12.3 Å². The molecule has 0 saturated carbocycles. The highest BCUT2D eigenvalue weighted by atomic mass is 16.6. The highest BCUT2D eigenvalue weighted by molar-refractivity contribution is 6.02. The minimum absolute atomic E-state index is 0.0743. The van der Waals surface area contributed by atoms with Crippen molar-refractivity contribution < 1.29 is 9.72 Å². The van der Waals surface area contributed by atoms with E-state index in [-0.39, 0.29) is 11.5 Å². The molecule has 1 amide bonds. The number of carbonyl (C=O) groups excluding carboxylic acids is 1. The molecule has 2 heterocycles. The SMILES string of the molecule is Cc1ccc(Cn2ccc(NC(=O)c3cc([N+](=O)[O-])[nH]n3)n2)cc1. The second-order valence-electron chi connectivity index (χ2n) is 5.23. The average molecular weight is 326 g/mol. The number of carbonyl (C=O) groups is 1. The molecule has 3 rings (SSSR count). The van der Waals surface area contributed by atoms with Crippen LogP contribution in [0.15, 0.2) is 42.6 Å². The van der Waals surface area contributed by atoms with Gasteiger partial charge in [0.2, 0.25) is 0 Å². The van der Waals surface area contributed by atoms with Gasteiger partial charge >= 0.3 is 5.82 Å². The largest absolute Gasteiger partial charge is 0.358 e. The Kier molecular flexibility index (Phi) is 4.06. The Labute approximate surface area is 136 Å². The van der Waals surface area contributed by atoms with Crippen molar-refractivity contribution >= 4 is 17.5 Å². The maximum absolute atomic E-state index is 12.0. The fraction of sp³-hybridized carbons (Fsp3) is 0.133. The first kappa shape index (κ1) is 15.4. The Morgan fingerprint density at radius 2 is 2.08 bits per heavy atom. The van der Waals surface area contributed by atoms with Gasteiger partial charge < -0.3 is 15.4 Å². The molecule has 0 fully saturated rings. The van der Waals surface area contributed by atoms with Gasteiger partial charge in [0.25, 0.3) is 5.91 Å². The van der Waals surface area contributed by atoms with Crippen molar-refractivity contribution in [3.63, 3.8) is 0 Å². The van der Waals surface area contributed by atoms with Crippen LogP contribution in [0.5, 0.6) is 0 Å². The molecule has 0 saturated heterocycles. The number of nitro groups is 1. The summed E-state index contributed by atoms with van der Waals surface area (Å²) < 4.78 is 1.69. The number of hydrogen-bond donors (Lipinski definition) is 2. The van der Waals surface area contributed by atoms with Crippen LogP contribution in [0.2, 0.25) is 0 Å². The van der Waals surface area contributed by atoms with Gasteiger partial charge in [-0.05, 0) is 17.4 Å². The Bertz CT molecular complexity index is 881. The molecule has 0 radical (unpaired) electrons. The molecule has 2 aromatic heterocycles. The van der Waals surface area contributed by atoms with E-state index in [4.69, 9.17) is 0 Å². The normalized spacial score (nSPS) is 10.5. The summed E-state index contributed by atoms with van der Waals surface area (Å²) in [5.41, 5.74) is 2.19. The monoisotopic (exact) mass is 326 g/mol. The second-order valence-corrected chi connectivity index (χ2v) is 5.23. The molecular formula is C15H14N6O3. The minimum atomic E-state index is -0.653. The van der Waals surface area contributed by atoms with Gasteiger partial charge in [0.05, 0.1) is 12.6 Å². The topological polar surface area (TPSA) is 119 Å². The van der Waals surface area contributed by atoms with Crippen molar-refractivity contribution in [3.05, 3.63) is 69.5 Å². The molecule has 0 unspecified atom stereocenters. The van der Waals surface area contributed by atoms with Gasteiger partial charge in [-0.2, -0.15) is 5.10 Å². The van der Waals surface area contributed by atoms with E-state index in [1.165, 1.54) is 5.56 Å². The zero-order chi connectivity index (χ0) is 17.1. The summed E-state index contributed by atoms with van der Waals surface area (Å²) in [7, 11) is 0. The third-order valence-electron chi connectivity index (χ3n) is 3.34. The molecule has 3 aromatic rings. The summed E-state index contributed by atoms with van der Waals surface area (Å²) in [5.74, 6) is -0.567. The van der Waals surface area contributed by atoms with Crippen LogP contribution < -0.4 is 5.32 Å². The van der Waals surface area contributed by atoms with Crippen LogP contribution in [-0.2, 0) is 6.54 Å². The highest BCUT2D eigenvalue weighted by Crippen LogP contribution is 2.11. The zero-order valence-corrected chi connectivity index (χ0v) is 12.8. The fourth-order valence-corrected chi connectivity index (χ4v) is 2.10. The van der Waals surface area contributed by atoms with Gasteiger partial charge in [0.1, 0.15) is 0 Å². The molecule has 0 spiro atoms. The number of aromatic amines is 1. The van der Waals surface area contributed by atoms with Crippen molar-refractivity contribution in [2.45, 2.75) is 13.5 Å². The van der Waals surface area contributed by atoms with Crippen LogP contribution in [0, 0.1) is 17.0 Å². The van der Waals surface area contributed by atoms with E-state index in [2.05, 4.69) is 20.6 Å². The lowest BCUT2D eigenvalue weighted by molar-refractivity contribution is -0.389. The van der Waals surface area contributed by atoms with Gasteiger partial charge in [-0.25, -0.2) is 0 Å². The number of amides is 1. The predicted octanol–water partition coefficient (Wildman–Crippen LogP) is 2.12. The Hall–Kier alpha value is -3.49. The maximum atomic E-state index is 12.0. The van der Waals surface area contributed by atoms with Gasteiger partial charge in [-0.3, -0.25) is 9.48 Å². The van der Waals surface area contributed by atoms with E-state index >= 15 is 0 Å². The van der Waals surface area contributed by atoms with Gasteiger partial charge in [-0.1, -0.05) is 34.9 Å². The highest BCUT2D eigenvalue weighted by Gasteiger charge is 2.17. The number of aryl methyl sites for hydroxylation is 1. The molecule has 2 N–H and O–H groups in total. The third-order valence-corrected chi connectivity index (χ3v) is 3.34. The summed E-state index contributed by atoms with van der Waals surface area (Å²) >= 11 is 0. The molecule has 0 aliphatic carbocycles. The molecule has 0 aliphatic heterocycles. The van der Waals surface area contributed by atoms with Crippen LogP contribution in [0.4, 0.5) is 11.6 Å². The van der Waals surface area contributed by atoms with E-state index in [9.17, 15) is 14.9 Å². The van der Waals surface area contributed by atoms with Crippen molar-refractivity contribution in [2.24, 2.45) is 0 Å². The standard InChI is InChI=1S/C15H14N6O3/c1-10-2-4-11(5-3-10)9-20-7-6-13(19-20)16-15(22)12-8-14(18-17-12)21(23)24/h2-8H,9H2,1H3,(H,17,18)(H,16,19,22). The van der Waals surface area contributed by atoms with Crippen LogP contribution in [0.3, 0.4) is 0 Å². The lowest BCUT2D eigenvalue weighted by atomic mass is 10.1. The van der Waals surface area contributed by atoms with E-state index in [1.807, 2.05) is 31.2 Å². The summed E-state index contributed by atoms with van der Waals surface area (Å²) in [6.45, 7) is 2.59. The summed E-state index contributed by atoms with van der Waals surface area (Å²) in [6, 6.07) is 10.8. The second kappa shape index (κ2) is 6.32. The van der Waals surface area contributed by atoms with Gasteiger partial charge in [-0.15, -0.1) is 5.10 Å². The number of aromatic nitrogens is 4. The number of nitrogens with zero attached hydrogens (tertiary/aromatic N) is 4. The van der Waals surface area contributed by atoms with Crippen LogP contribution >= 0.6 is 0 Å². The van der Waals surface area contributed by atoms with Crippen LogP contribution in [0.1, 0.15) is 21.6 Å². The molecule has 1 aromatic carbocycles. The van der Waals surface area contributed by atoms with Crippen molar-refractivity contribution in [2.75, 3.05) is 5.32 Å². The Balaban J connectivity index is 1.65. The lowest BCUT2D eigenvalue weighted by Crippen LogP contribution is -2.13. The van der Waals surface area contributed by atoms with Crippen LogP contribution in [0.25, 0.3) is 0 Å². The molecule has 0 atom stereocenters. The number of nitrogens with one attached hydrogen (secondary N) is 2. The first-order valence-corrected chi connectivity index (χ1v) is 7.11. The van der Waals surface area contributed by atoms with Crippen molar-refractivity contribution in [1.29, 1.82) is 0 Å². The minimum Gasteiger partial charge on any atom is -0.358 e. The van der Waals surface area contributed by atoms with E-state index in [1.54, 1.807) is 16.9 Å². The molecule has 0 bridgehead atoms. The van der Waals surface area contributed by atoms with Gasteiger partial charge in [0.15, 0.2) is 11.5 Å². The summed E-state index contributed by atoms with van der Waals surface area (Å²) in [6.07, 6.45) is 1.74. The predicted molar refractivity (Wildman–Crippen MR) is 85.7 cm³/mol. The van der Waals surface area contributed by atoms with Crippen molar-refractivity contribution in [1.82, 2.24) is 20.0 Å². The summed E-state index contributed by atoms with van der Waals surface area (Å²) in [4.78, 5) is 21.9. The number of H-pyrrole nitrogens is 1. The first-order chi connectivity index (χ1) is 11.5. The quantitative estimate of drug-likeness (QED) is 0.550. The Morgan fingerprint density at radius 1 is 1.33 bits per heavy atom. The number of anilines is 1. The number of benzene rings is 1. The smallest absolute Gasteiger partial charge is 0.343 e. The molecule has 122 valence electrons. The molecular weight excluding hydrogens is 312 g/mol. The molecule has 9 heteroatoms. The van der Waals surface area contributed by atoms with E-state index in [0.717, 1.165) is 11.6 Å². The zero-order valence-electron chi connectivity index (χ0n) is 12.8. The Morgan fingerprint density at radius 3 is 2.75 bits per heavy atom.